The number of unbranched alkanes of at least 4 members (excludes halogenated alkanes) is 1. The molecule has 1 aliphatic rings. The van der Waals surface area contributed by atoms with Crippen molar-refractivity contribution in [3.05, 3.63) is 0 Å². The van der Waals surface area contributed by atoms with Crippen molar-refractivity contribution in [1.29, 1.82) is 0 Å². The van der Waals surface area contributed by atoms with Crippen LogP contribution in [0.25, 0.3) is 0 Å². The van der Waals surface area contributed by atoms with E-state index in [1.165, 1.54) is 26.4 Å². The highest BCUT2D eigenvalue weighted by molar-refractivity contribution is 5.76. The van der Waals surface area contributed by atoms with Crippen LogP contribution in [0.1, 0.15) is 65.2 Å². The van der Waals surface area contributed by atoms with E-state index in [2.05, 4.69) is 0 Å². The van der Waals surface area contributed by atoms with Crippen LogP contribution >= 0.6 is 0 Å². The van der Waals surface area contributed by atoms with E-state index < -0.39 is 0 Å². The zero-order chi connectivity index (χ0) is 14.8. The van der Waals surface area contributed by atoms with Gasteiger partial charge < -0.3 is 9.47 Å². The summed E-state index contributed by atoms with van der Waals surface area (Å²) in [6.45, 7) is 4.65. The van der Waals surface area contributed by atoms with Crippen LogP contribution in [0.2, 0.25) is 0 Å². The number of esters is 1. The molecule has 4 heteroatoms. The average molecular weight is 283 g/mol. The first-order valence-electron chi connectivity index (χ1n) is 7.94. The largest absolute Gasteiger partial charge is 0.481 e. The summed E-state index contributed by atoms with van der Waals surface area (Å²) in [5.74, 6) is 0.852. The molecule has 1 heterocycles. The van der Waals surface area contributed by atoms with Crippen molar-refractivity contribution in [2.75, 3.05) is 13.7 Å². The molecule has 0 bridgehead atoms. The van der Waals surface area contributed by atoms with Gasteiger partial charge in [0, 0.05) is 6.42 Å². The number of hydrogen-bond donors (Lipinski definition) is 0. The Morgan fingerprint density at radius 3 is 2.90 bits per heavy atom. The van der Waals surface area contributed by atoms with Gasteiger partial charge in [0.25, 0.3) is 0 Å². The molecule has 0 saturated carbocycles. The minimum Gasteiger partial charge on any atom is -0.481 e. The number of methoxy groups -OCH3 is 1. The number of rotatable bonds is 7. The number of aliphatic imine (C=N–C) groups is 1. The van der Waals surface area contributed by atoms with Gasteiger partial charge in [-0.05, 0) is 32.6 Å². The lowest BCUT2D eigenvalue weighted by atomic mass is 10.00. The second-order valence-corrected chi connectivity index (χ2v) is 5.56. The van der Waals surface area contributed by atoms with Crippen LogP contribution in [0.5, 0.6) is 0 Å². The molecule has 0 N–H and O–H groups in total. The third-order valence-corrected chi connectivity index (χ3v) is 3.84. The first kappa shape index (κ1) is 17.0. The lowest BCUT2D eigenvalue weighted by molar-refractivity contribution is -0.145. The fraction of sp³-hybridized carbons (Fsp3) is 0.875. The molecular weight excluding hydrogens is 254 g/mol. The number of carbonyl (C=O) groups excluding carboxylic acids is 1. The summed E-state index contributed by atoms with van der Waals surface area (Å²) in [6.07, 6.45) is 8.78. The van der Waals surface area contributed by atoms with E-state index in [-0.39, 0.29) is 11.9 Å². The van der Waals surface area contributed by atoms with Crippen molar-refractivity contribution in [3.63, 3.8) is 0 Å². The van der Waals surface area contributed by atoms with Crippen LogP contribution in [-0.4, -0.2) is 31.6 Å². The van der Waals surface area contributed by atoms with Gasteiger partial charge in [-0.25, -0.2) is 0 Å². The molecule has 0 aromatic rings. The Labute approximate surface area is 122 Å². The molecule has 0 saturated heterocycles. The summed E-state index contributed by atoms with van der Waals surface area (Å²) in [5.41, 5.74) is 0. The van der Waals surface area contributed by atoms with Crippen molar-refractivity contribution >= 4 is 11.9 Å². The van der Waals surface area contributed by atoms with Gasteiger partial charge in [-0.1, -0.05) is 26.2 Å². The van der Waals surface area contributed by atoms with Crippen molar-refractivity contribution in [1.82, 2.24) is 0 Å². The first-order chi connectivity index (χ1) is 9.67. The molecule has 0 radical (unpaired) electrons. The molecule has 0 fully saturated rings. The number of ether oxygens (including phenoxy) is 2. The quantitative estimate of drug-likeness (QED) is 0.528. The molecule has 1 aliphatic heterocycles. The summed E-state index contributed by atoms with van der Waals surface area (Å²) >= 11 is 0. The Kier molecular flexibility index (Phi) is 8.31. The summed E-state index contributed by atoms with van der Waals surface area (Å²) in [5, 5.41) is 0. The molecule has 0 spiro atoms. The highest BCUT2D eigenvalue weighted by Crippen LogP contribution is 2.20. The van der Waals surface area contributed by atoms with Crippen molar-refractivity contribution < 1.29 is 14.3 Å². The molecular formula is C16H29NO3. The summed E-state index contributed by atoms with van der Waals surface area (Å²) in [6, 6.07) is 0.410. The van der Waals surface area contributed by atoms with E-state index >= 15 is 0 Å². The van der Waals surface area contributed by atoms with Crippen LogP contribution in [0.15, 0.2) is 4.99 Å². The normalized spacial score (nSPS) is 20.8. The van der Waals surface area contributed by atoms with Crippen LogP contribution < -0.4 is 0 Å². The van der Waals surface area contributed by atoms with E-state index in [0.717, 1.165) is 38.0 Å². The topological polar surface area (TPSA) is 47.9 Å². The third-order valence-electron chi connectivity index (χ3n) is 3.84. The van der Waals surface area contributed by atoms with Gasteiger partial charge in [0.15, 0.2) is 5.90 Å². The van der Waals surface area contributed by atoms with E-state index in [0.29, 0.717) is 12.6 Å². The Morgan fingerprint density at radius 2 is 2.20 bits per heavy atom. The lowest BCUT2D eigenvalue weighted by Crippen LogP contribution is -2.13. The maximum atomic E-state index is 11.3. The van der Waals surface area contributed by atoms with Gasteiger partial charge >= 0.3 is 5.97 Å². The van der Waals surface area contributed by atoms with Gasteiger partial charge in [0.05, 0.1) is 25.7 Å². The molecule has 2 atom stereocenters. The van der Waals surface area contributed by atoms with Crippen LogP contribution in [0, 0.1) is 5.92 Å². The van der Waals surface area contributed by atoms with E-state index in [9.17, 15) is 4.79 Å². The zero-order valence-electron chi connectivity index (χ0n) is 13.2. The monoisotopic (exact) mass is 283 g/mol. The number of nitrogens with zero attached hydrogens (tertiary/aromatic N) is 1. The average Bonchev–Trinajstić information content (AvgIpc) is 2.68. The Morgan fingerprint density at radius 1 is 1.40 bits per heavy atom. The third kappa shape index (κ3) is 6.40. The first-order valence-corrected chi connectivity index (χ1v) is 7.94. The fourth-order valence-electron chi connectivity index (χ4n) is 2.62. The van der Waals surface area contributed by atoms with E-state index in [1.807, 2.05) is 13.8 Å². The number of carbonyl (C=O) groups is 1. The Balaban J connectivity index is 2.26. The van der Waals surface area contributed by atoms with Crippen molar-refractivity contribution in [2.24, 2.45) is 10.9 Å². The van der Waals surface area contributed by atoms with E-state index in [4.69, 9.17) is 14.5 Å². The Bertz CT molecular complexity index is 315. The fourth-order valence-corrected chi connectivity index (χ4v) is 2.62. The van der Waals surface area contributed by atoms with Gasteiger partial charge in [-0.2, -0.15) is 0 Å². The molecule has 1 rings (SSSR count). The predicted octanol–water partition coefficient (Wildman–Crippen LogP) is 3.73. The molecule has 0 amide bonds. The highest BCUT2D eigenvalue weighted by Gasteiger charge is 2.15. The van der Waals surface area contributed by atoms with Gasteiger partial charge in [0.1, 0.15) is 0 Å². The maximum absolute atomic E-state index is 11.3. The molecule has 0 aromatic heterocycles. The smallest absolute Gasteiger partial charge is 0.308 e. The second kappa shape index (κ2) is 9.78. The van der Waals surface area contributed by atoms with Crippen molar-refractivity contribution in [3.8, 4) is 0 Å². The minimum atomic E-state index is -0.101. The lowest BCUT2D eigenvalue weighted by Gasteiger charge is -2.13. The summed E-state index contributed by atoms with van der Waals surface area (Å²) in [7, 11) is 1.45. The zero-order valence-corrected chi connectivity index (χ0v) is 13.2. The minimum absolute atomic E-state index is 0.0108. The molecule has 0 unspecified atom stereocenters. The molecule has 0 aromatic carbocycles. The van der Waals surface area contributed by atoms with Crippen LogP contribution in [-0.2, 0) is 14.3 Å². The highest BCUT2D eigenvalue weighted by atomic mass is 16.5. The van der Waals surface area contributed by atoms with Gasteiger partial charge in [-0.3, -0.25) is 9.79 Å². The molecule has 20 heavy (non-hydrogen) atoms. The van der Waals surface area contributed by atoms with Crippen LogP contribution in [0.3, 0.4) is 0 Å². The SMILES string of the molecule is CCOC1=N[C@@H](CCCC[C@H](C)C(=O)OC)CCCC1. The molecule has 116 valence electrons. The Hall–Kier alpha value is -1.06. The van der Waals surface area contributed by atoms with Gasteiger partial charge in [0.2, 0.25) is 0 Å². The van der Waals surface area contributed by atoms with Crippen molar-refractivity contribution in [2.45, 2.75) is 71.3 Å². The second-order valence-electron chi connectivity index (χ2n) is 5.56. The molecule has 4 nitrogen and oxygen atoms in total. The van der Waals surface area contributed by atoms with E-state index in [1.54, 1.807) is 0 Å². The number of hydrogen-bond acceptors (Lipinski definition) is 4. The van der Waals surface area contributed by atoms with Crippen LogP contribution in [0.4, 0.5) is 0 Å². The predicted molar refractivity (Wildman–Crippen MR) is 81.0 cm³/mol. The summed E-state index contributed by atoms with van der Waals surface area (Å²) < 4.78 is 10.3. The standard InChI is InChI=1S/C16H29NO3/c1-4-20-15-12-8-7-11-14(17-15)10-6-5-9-13(2)16(18)19-3/h13-14H,4-12H2,1-3H3/t13-,14-/m0/s1. The molecule has 0 aliphatic carbocycles. The maximum Gasteiger partial charge on any atom is 0.308 e. The van der Waals surface area contributed by atoms with Gasteiger partial charge in [-0.15, -0.1) is 0 Å². The summed E-state index contributed by atoms with van der Waals surface area (Å²) in [4.78, 5) is 16.0.